The van der Waals surface area contributed by atoms with Gasteiger partial charge in [0, 0.05) is 13.6 Å². The highest BCUT2D eigenvalue weighted by Gasteiger charge is 2.13. The maximum atomic E-state index is 5.81. The van der Waals surface area contributed by atoms with Crippen molar-refractivity contribution in [2.45, 2.75) is 38.2 Å². The fraction of sp³-hybridized carbons (Fsp3) is 0.750. The molecule has 2 N–H and O–H groups in total. The van der Waals surface area contributed by atoms with Gasteiger partial charge in [0.2, 0.25) is 17.2 Å². The monoisotopic (exact) mass is 285 g/mol. The summed E-state index contributed by atoms with van der Waals surface area (Å²) < 4.78 is 5.81. The summed E-state index contributed by atoms with van der Waals surface area (Å²) >= 11 is 5.79. The third-order valence-corrected chi connectivity index (χ3v) is 3.29. The van der Waals surface area contributed by atoms with Gasteiger partial charge in [-0.25, -0.2) is 0 Å². The lowest BCUT2D eigenvalue weighted by Gasteiger charge is -2.21. The van der Waals surface area contributed by atoms with Crippen molar-refractivity contribution in [2.24, 2.45) is 0 Å². The van der Waals surface area contributed by atoms with Crippen molar-refractivity contribution in [2.75, 3.05) is 30.8 Å². The Morgan fingerprint density at radius 2 is 1.89 bits per heavy atom. The van der Waals surface area contributed by atoms with Crippen molar-refractivity contribution in [1.29, 1.82) is 0 Å². The summed E-state index contributed by atoms with van der Waals surface area (Å²) in [6, 6.07) is 0. The molecule has 0 aromatic carbocycles. The van der Waals surface area contributed by atoms with E-state index in [4.69, 9.17) is 16.3 Å². The maximum Gasteiger partial charge on any atom is 0.228 e. The van der Waals surface area contributed by atoms with E-state index in [0.29, 0.717) is 31.2 Å². The zero-order valence-electron chi connectivity index (χ0n) is 11.2. The number of anilines is 2. The Kier molecular flexibility index (Phi) is 5.60. The lowest BCUT2D eigenvalue weighted by atomic mass is 9.98. The van der Waals surface area contributed by atoms with E-state index in [-0.39, 0.29) is 5.28 Å². The fourth-order valence-electron chi connectivity index (χ4n) is 2.16. The highest BCUT2D eigenvalue weighted by Crippen LogP contribution is 2.20. The van der Waals surface area contributed by atoms with E-state index in [9.17, 15) is 0 Å². The smallest absolute Gasteiger partial charge is 0.228 e. The second-order valence-electron chi connectivity index (χ2n) is 4.56. The van der Waals surface area contributed by atoms with Gasteiger partial charge in [-0.2, -0.15) is 15.0 Å². The summed E-state index contributed by atoms with van der Waals surface area (Å²) in [5.74, 6) is 0.923. The van der Waals surface area contributed by atoms with Crippen LogP contribution in [-0.2, 0) is 4.74 Å². The van der Waals surface area contributed by atoms with E-state index in [1.165, 1.54) is 32.1 Å². The lowest BCUT2D eigenvalue weighted by molar-refractivity contribution is 0.0347. The van der Waals surface area contributed by atoms with Gasteiger partial charge in [0.15, 0.2) is 0 Å². The van der Waals surface area contributed by atoms with Crippen molar-refractivity contribution in [3.05, 3.63) is 5.28 Å². The van der Waals surface area contributed by atoms with Crippen LogP contribution in [0.15, 0.2) is 0 Å². The minimum Gasteiger partial charge on any atom is -0.376 e. The Morgan fingerprint density at radius 3 is 2.63 bits per heavy atom. The van der Waals surface area contributed by atoms with Crippen molar-refractivity contribution in [1.82, 2.24) is 15.0 Å². The third kappa shape index (κ3) is 4.80. The van der Waals surface area contributed by atoms with Crippen LogP contribution in [0.1, 0.15) is 32.1 Å². The number of hydrogen-bond donors (Lipinski definition) is 2. The second-order valence-corrected chi connectivity index (χ2v) is 4.90. The number of hydrogen-bond acceptors (Lipinski definition) is 6. The van der Waals surface area contributed by atoms with Gasteiger partial charge in [-0.3, -0.25) is 0 Å². The number of nitrogens with one attached hydrogen (secondary N) is 2. The predicted octanol–water partition coefficient (Wildman–Crippen LogP) is 2.33. The molecule has 0 aliphatic heterocycles. The molecule has 19 heavy (non-hydrogen) atoms. The SMILES string of the molecule is CNc1nc(Cl)nc(NCCOC2CCCCC2)n1. The van der Waals surface area contributed by atoms with Crippen LogP contribution in [0.25, 0.3) is 0 Å². The minimum absolute atomic E-state index is 0.176. The zero-order chi connectivity index (χ0) is 13.5. The molecule has 0 bridgehead atoms. The molecule has 0 radical (unpaired) electrons. The minimum atomic E-state index is 0.176. The number of aromatic nitrogens is 3. The van der Waals surface area contributed by atoms with Crippen molar-refractivity contribution < 1.29 is 4.74 Å². The van der Waals surface area contributed by atoms with Crippen molar-refractivity contribution in [3.8, 4) is 0 Å². The lowest BCUT2D eigenvalue weighted by Crippen LogP contribution is -2.21. The summed E-state index contributed by atoms with van der Waals surface area (Å²) in [4.78, 5) is 12.1. The Hall–Kier alpha value is -1.14. The van der Waals surface area contributed by atoms with Gasteiger partial charge in [-0.15, -0.1) is 0 Å². The molecule has 6 nitrogen and oxygen atoms in total. The molecule has 106 valence electrons. The first kappa shape index (κ1) is 14.3. The van der Waals surface area contributed by atoms with Gasteiger partial charge in [0.25, 0.3) is 0 Å². The predicted molar refractivity (Wildman–Crippen MR) is 75.7 cm³/mol. The Morgan fingerprint density at radius 1 is 1.16 bits per heavy atom. The van der Waals surface area contributed by atoms with Crippen LogP contribution in [0.2, 0.25) is 5.28 Å². The highest BCUT2D eigenvalue weighted by molar-refractivity contribution is 6.28. The Labute approximate surface area is 118 Å². The number of ether oxygens (including phenoxy) is 1. The van der Waals surface area contributed by atoms with Crippen LogP contribution in [0.3, 0.4) is 0 Å². The first-order chi connectivity index (χ1) is 9.28. The van der Waals surface area contributed by atoms with E-state index < -0.39 is 0 Å². The summed E-state index contributed by atoms with van der Waals surface area (Å²) in [6.45, 7) is 1.32. The number of nitrogens with zero attached hydrogens (tertiary/aromatic N) is 3. The summed E-state index contributed by atoms with van der Waals surface area (Å²) in [5.41, 5.74) is 0. The molecule has 1 saturated carbocycles. The van der Waals surface area contributed by atoms with Crippen molar-refractivity contribution in [3.63, 3.8) is 0 Å². The van der Waals surface area contributed by atoms with Crippen molar-refractivity contribution >= 4 is 23.5 Å². The topological polar surface area (TPSA) is 72.0 Å². The third-order valence-electron chi connectivity index (χ3n) is 3.12. The molecule has 1 heterocycles. The molecule has 7 heteroatoms. The normalized spacial score (nSPS) is 16.3. The summed E-state index contributed by atoms with van der Waals surface area (Å²) in [5, 5.41) is 6.10. The van der Waals surface area contributed by atoms with Crippen LogP contribution in [0.4, 0.5) is 11.9 Å². The van der Waals surface area contributed by atoms with E-state index in [2.05, 4.69) is 25.6 Å². The molecule has 0 unspecified atom stereocenters. The summed E-state index contributed by atoms with van der Waals surface area (Å²) in [7, 11) is 1.74. The van der Waals surface area contributed by atoms with Crippen LogP contribution in [-0.4, -0.2) is 41.3 Å². The molecule has 1 aromatic heterocycles. The molecular formula is C12H20ClN5O. The standard InChI is InChI=1S/C12H20ClN5O/c1-14-11-16-10(13)17-12(18-11)15-7-8-19-9-5-3-2-4-6-9/h9H,2-8H2,1H3,(H2,14,15,16,17,18). The van der Waals surface area contributed by atoms with Gasteiger partial charge in [0.05, 0.1) is 12.7 Å². The molecule has 2 rings (SSSR count). The first-order valence-corrected chi connectivity index (χ1v) is 7.10. The molecule has 0 amide bonds. The zero-order valence-corrected chi connectivity index (χ0v) is 11.9. The quantitative estimate of drug-likeness (QED) is 0.782. The van der Waals surface area contributed by atoms with Gasteiger partial charge in [-0.05, 0) is 24.4 Å². The molecule has 0 saturated heterocycles. The molecule has 1 aliphatic rings. The molecule has 1 aliphatic carbocycles. The van der Waals surface area contributed by atoms with Gasteiger partial charge >= 0.3 is 0 Å². The van der Waals surface area contributed by atoms with E-state index in [1.54, 1.807) is 7.05 Å². The van der Waals surface area contributed by atoms with Gasteiger partial charge < -0.3 is 15.4 Å². The van der Waals surface area contributed by atoms with Crippen LogP contribution >= 0.6 is 11.6 Å². The molecule has 0 spiro atoms. The molecule has 0 atom stereocenters. The molecule has 1 aromatic rings. The highest BCUT2D eigenvalue weighted by atomic mass is 35.5. The Balaban J connectivity index is 1.71. The largest absolute Gasteiger partial charge is 0.376 e. The van der Waals surface area contributed by atoms with Gasteiger partial charge in [-0.1, -0.05) is 19.3 Å². The second kappa shape index (κ2) is 7.45. The number of halogens is 1. The number of rotatable bonds is 6. The van der Waals surface area contributed by atoms with Crippen LogP contribution in [0.5, 0.6) is 0 Å². The summed E-state index contributed by atoms with van der Waals surface area (Å²) in [6.07, 6.45) is 6.70. The van der Waals surface area contributed by atoms with E-state index >= 15 is 0 Å². The fourth-order valence-corrected chi connectivity index (χ4v) is 2.32. The maximum absolute atomic E-state index is 5.81. The molecular weight excluding hydrogens is 266 g/mol. The average molecular weight is 286 g/mol. The van der Waals surface area contributed by atoms with Gasteiger partial charge in [0.1, 0.15) is 0 Å². The first-order valence-electron chi connectivity index (χ1n) is 6.73. The van der Waals surface area contributed by atoms with E-state index in [1.807, 2.05) is 0 Å². The van der Waals surface area contributed by atoms with Crippen LogP contribution in [0, 0.1) is 0 Å². The Bertz CT molecular complexity index is 398. The van der Waals surface area contributed by atoms with E-state index in [0.717, 1.165) is 0 Å². The average Bonchev–Trinajstić information content (AvgIpc) is 2.44. The van der Waals surface area contributed by atoms with Crippen LogP contribution < -0.4 is 10.6 Å². The molecule has 1 fully saturated rings.